The van der Waals surface area contributed by atoms with Gasteiger partial charge in [-0.1, -0.05) is 67.6 Å². The first-order valence-corrected chi connectivity index (χ1v) is 13.5. The Balaban J connectivity index is 1.64. The van der Waals surface area contributed by atoms with E-state index in [2.05, 4.69) is 0 Å². The van der Waals surface area contributed by atoms with Crippen molar-refractivity contribution >= 4 is 29.1 Å². The van der Waals surface area contributed by atoms with Crippen molar-refractivity contribution < 1.29 is 14.3 Å². The molecule has 0 radical (unpaired) electrons. The normalized spacial score (nSPS) is 15.1. The van der Waals surface area contributed by atoms with Gasteiger partial charge < -0.3 is 14.5 Å². The van der Waals surface area contributed by atoms with E-state index in [-0.39, 0.29) is 11.8 Å². The van der Waals surface area contributed by atoms with Crippen LogP contribution in [0.3, 0.4) is 0 Å². The first-order valence-electron chi connectivity index (χ1n) is 13.1. The third-order valence-corrected chi connectivity index (χ3v) is 7.12. The van der Waals surface area contributed by atoms with Crippen molar-refractivity contribution in [1.29, 1.82) is 0 Å². The molecule has 0 aliphatic carbocycles. The molecule has 0 spiro atoms. The monoisotopic (exact) mass is 518 g/mol. The number of amides is 2. The molecule has 0 unspecified atom stereocenters. The lowest BCUT2D eigenvalue weighted by Crippen LogP contribution is -2.36. The van der Waals surface area contributed by atoms with Crippen LogP contribution in [0.5, 0.6) is 5.75 Å². The molecular weight excluding hydrogens is 484 g/mol. The van der Waals surface area contributed by atoms with Gasteiger partial charge in [0.15, 0.2) is 0 Å². The highest BCUT2D eigenvalue weighted by molar-refractivity contribution is 6.30. The van der Waals surface area contributed by atoms with Crippen molar-refractivity contribution in [1.82, 2.24) is 4.90 Å². The number of para-hydroxylation sites is 1. The SMILES string of the molecule is COc1cccc(CC(=O)N2CCCCCCCCN(C(=O)c3ccc(Cl)cc3)Cc3ccccc32)c1. The Hall–Kier alpha value is -3.31. The molecule has 0 fully saturated rings. The molecule has 5 nitrogen and oxygen atoms in total. The largest absolute Gasteiger partial charge is 0.497 e. The molecular formula is C31H35ClN2O3. The van der Waals surface area contributed by atoms with Crippen LogP contribution < -0.4 is 9.64 Å². The van der Waals surface area contributed by atoms with Crippen molar-refractivity contribution in [3.63, 3.8) is 0 Å². The van der Waals surface area contributed by atoms with E-state index in [0.717, 1.165) is 61.1 Å². The molecule has 0 aromatic heterocycles. The van der Waals surface area contributed by atoms with E-state index in [4.69, 9.17) is 16.3 Å². The van der Waals surface area contributed by atoms with E-state index in [1.54, 1.807) is 31.4 Å². The van der Waals surface area contributed by atoms with Crippen molar-refractivity contribution in [3.8, 4) is 5.75 Å². The summed E-state index contributed by atoms with van der Waals surface area (Å²) in [5.41, 5.74) is 3.40. The van der Waals surface area contributed by atoms with Gasteiger partial charge in [0, 0.05) is 35.9 Å². The van der Waals surface area contributed by atoms with Gasteiger partial charge >= 0.3 is 0 Å². The van der Waals surface area contributed by atoms with E-state index >= 15 is 0 Å². The Kier molecular flexibility index (Phi) is 9.61. The van der Waals surface area contributed by atoms with Crippen LogP contribution in [-0.4, -0.2) is 36.9 Å². The maximum Gasteiger partial charge on any atom is 0.254 e. The minimum Gasteiger partial charge on any atom is -0.497 e. The Bertz CT molecular complexity index is 1200. The molecule has 2 amide bonds. The van der Waals surface area contributed by atoms with E-state index in [1.807, 2.05) is 58.3 Å². The second-order valence-corrected chi connectivity index (χ2v) is 9.99. The Morgan fingerprint density at radius 1 is 0.838 bits per heavy atom. The zero-order chi connectivity index (χ0) is 26.0. The first kappa shape index (κ1) is 26.7. The van der Waals surface area contributed by atoms with Gasteiger partial charge in [0.05, 0.1) is 13.5 Å². The van der Waals surface area contributed by atoms with Gasteiger partial charge in [-0.15, -0.1) is 0 Å². The predicted octanol–water partition coefficient (Wildman–Crippen LogP) is 6.92. The number of hydrogen-bond acceptors (Lipinski definition) is 3. The first-order chi connectivity index (χ1) is 18.0. The quantitative estimate of drug-likeness (QED) is 0.376. The fourth-order valence-corrected chi connectivity index (χ4v) is 4.98. The Morgan fingerprint density at radius 2 is 1.54 bits per heavy atom. The van der Waals surface area contributed by atoms with Crippen LogP contribution in [0.4, 0.5) is 5.69 Å². The van der Waals surface area contributed by atoms with Crippen molar-refractivity contribution in [3.05, 3.63) is 94.5 Å². The predicted molar refractivity (Wildman–Crippen MR) is 149 cm³/mol. The van der Waals surface area contributed by atoms with Crippen LogP contribution in [0.1, 0.15) is 60.0 Å². The number of halogens is 1. The summed E-state index contributed by atoms with van der Waals surface area (Å²) >= 11 is 6.06. The fourth-order valence-electron chi connectivity index (χ4n) is 4.85. The molecule has 1 aliphatic heterocycles. The number of anilines is 1. The fraction of sp³-hybridized carbons (Fsp3) is 0.355. The third kappa shape index (κ3) is 7.36. The number of nitrogens with zero attached hydrogens (tertiary/aromatic N) is 2. The van der Waals surface area contributed by atoms with Gasteiger partial charge in [-0.25, -0.2) is 0 Å². The summed E-state index contributed by atoms with van der Waals surface area (Å²) in [6, 6.07) is 22.7. The Morgan fingerprint density at radius 3 is 2.30 bits per heavy atom. The minimum absolute atomic E-state index is 0.0180. The van der Waals surface area contributed by atoms with Gasteiger partial charge in [0.1, 0.15) is 5.75 Å². The zero-order valence-corrected chi connectivity index (χ0v) is 22.3. The molecule has 3 aromatic carbocycles. The number of hydrogen-bond donors (Lipinski definition) is 0. The number of rotatable bonds is 4. The highest BCUT2D eigenvalue weighted by atomic mass is 35.5. The summed E-state index contributed by atoms with van der Waals surface area (Å²) in [6.07, 6.45) is 6.63. The molecule has 0 N–H and O–H groups in total. The molecule has 0 atom stereocenters. The third-order valence-electron chi connectivity index (χ3n) is 6.87. The number of ether oxygens (including phenoxy) is 1. The maximum absolute atomic E-state index is 13.7. The minimum atomic E-state index is -0.0180. The van der Waals surface area contributed by atoms with Gasteiger partial charge in [-0.3, -0.25) is 9.59 Å². The smallest absolute Gasteiger partial charge is 0.254 e. The molecule has 194 valence electrons. The summed E-state index contributed by atoms with van der Waals surface area (Å²) in [7, 11) is 1.63. The van der Waals surface area contributed by atoms with E-state index < -0.39 is 0 Å². The molecule has 1 heterocycles. The summed E-state index contributed by atoms with van der Waals surface area (Å²) in [5.74, 6) is 0.772. The van der Waals surface area contributed by atoms with Crippen molar-refractivity contribution in [2.45, 2.75) is 51.5 Å². The summed E-state index contributed by atoms with van der Waals surface area (Å²) < 4.78 is 5.35. The highest BCUT2D eigenvalue weighted by Crippen LogP contribution is 2.26. The van der Waals surface area contributed by atoms with Gasteiger partial charge in [-0.05, 0) is 66.4 Å². The molecule has 1 aliphatic rings. The van der Waals surface area contributed by atoms with Gasteiger partial charge in [-0.2, -0.15) is 0 Å². The van der Waals surface area contributed by atoms with Crippen molar-refractivity contribution in [2.75, 3.05) is 25.1 Å². The molecule has 0 bridgehead atoms. The lowest BCUT2D eigenvalue weighted by atomic mass is 10.1. The van der Waals surface area contributed by atoms with E-state index in [1.165, 1.54) is 0 Å². The highest BCUT2D eigenvalue weighted by Gasteiger charge is 2.23. The number of methoxy groups -OCH3 is 1. The number of benzene rings is 3. The average Bonchev–Trinajstić information content (AvgIpc) is 2.93. The average molecular weight is 519 g/mol. The topological polar surface area (TPSA) is 49.9 Å². The molecule has 4 rings (SSSR count). The van der Waals surface area contributed by atoms with E-state index in [0.29, 0.717) is 36.6 Å². The van der Waals surface area contributed by atoms with Crippen molar-refractivity contribution in [2.24, 2.45) is 0 Å². The van der Waals surface area contributed by atoms with Crippen LogP contribution >= 0.6 is 11.6 Å². The second kappa shape index (κ2) is 13.3. The lowest BCUT2D eigenvalue weighted by molar-refractivity contribution is -0.118. The summed E-state index contributed by atoms with van der Waals surface area (Å²) in [6.45, 7) is 1.78. The summed E-state index contributed by atoms with van der Waals surface area (Å²) in [4.78, 5) is 31.0. The number of carbonyl (C=O) groups is 2. The molecule has 6 heteroatoms. The van der Waals surface area contributed by atoms with Crippen LogP contribution in [0.2, 0.25) is 5.02 Å². The molecule has 37 heavy (non-hydrogen) atoms. The molecule has 0 saturated carbocycles. The van der Waals surface area contributed by atoms with Gasteiger partial charge in [0.2, 0.25) is 5.91 Å². The number of fused-ring (bicyclic) bond motifs is 1. The van der Waals surface area contributed by atoms with Crippen LogP contribution in [0.15, 0.2) is 72.8 Å². The van der Waals surface area contributed by atoms with E-state index in [9.17, 15) is 9.59 Å². The lowest BCUT2D eigenvalue weighted by Gasteiger charge is -2.29. The molecule has 0 saturated heterocycles. The molecule has 3 aromatic rings. The second-order valence-electron chi connectivity index (χ2n) is 9.56. The van der Waals surface area contributed by atoms with Crippen LogP contribution in [0, 0.1) is 0 Å². The summed E-state index contributed by atoms with van der Waals surface area (Å²) in [5, 5.41) is 0.608. The van der Waals surface area contributed by atoms with Crippen LogP contribution in [-0.2, 0) is 17.8 Å². The number of carbonyl (C=O) groups excluding carboxylic acids is 2. The zero-order valence-electron chi connectivity index (χ0n) is 21.5. The van der Waals surface area contributed by atoms with Crippen LogP contribution in [0.25, 0.3) is 0 Å². The van der Waals surface area contributed by atoms with Gasteiger partial charge in [0.25, 0.3) is 5.91 Å². The Labute approximate surface area is 225 Å². The maximum atomic E-state index is 13.7. The standard InChI is InChI=1S/C31H35ClN2O3/c1-37-28-13-10-11-24(21-28)22-30(35)34-20-9-5-3-2-4-8-19-33(23-26-12-6-7-14-29(26)34)31(36)25-15-17-27(32)18-16-25/h6-7,10-18,21H,2-5,8-9,19-20,22-23H2,1H3.